The Labute approximate surface area is 132 Å². The van der Waals surface area contributed by atoms with Crippen LogP contribution in [0.1, 0.15) is 0 Å². The molecule has 5 heteroatoms. The number of halogens is 1. The number of hydrogen-bond donors (Lipinski definition) is 1. The van der Waals surface area contributed by atoms with Crippen LogP contribution in [0.4, 0.5) is 5.69 Å². The van der Waals surface area contributed by atoms with Crippen LogP contribution in [0.2, 0.25) is 5.02 Å². The summed E-state index contributed by atoms with van der Waals surface area (Å²) in [5.41, 5.74) is 1.42. The van der Waals surface area contributed by atoms with Crippen molar-refractivity contribution in [2.75, 3.05) is 11.9 Å². The van der Waals surface area contributed by atoms with Gasteiger partial charge < -0.3 is 10.1 Å². The molecule has 0 aliphatic heterocycles. The van der Waals surface area contributed by atoms with Crippen molar-refractivity contribution in [3.8, 4) is 5.75 Å². The van der Waals surface area contributed by atoms with Crippen molar-refractivity contribution >= 4 is 34.1 Å². The van der Waals surface area contributed by atoms with Crippen LogP contribution in [-0.4, -0.2) is 17.5 Å². The Bertz CT molecular complexity index is 798. The Morgan fingerprint density at radius 3 is 2.68 bits per heavy atom. The van der Waals surface area contributed by atoms with E-state index in [2.05, 4.69) is 10.3 Å². The van der Waals surface area contributed by atoms with Crippen molar-refractivity contribution < 1.29 is 9.53 Å². The summed E-state index contributed by atoms with van der Waals surface area (Å²) in [4.78, 5) is 16.2. The normalized spacial score (nSPS) is 10.4. The van der Waals surface area contributed by atoms with E-state index in [4.69, 9.17) is 16.3 Å². The fourth-order valence-electron chi connectivity index (χ4n) is 2.07. The smallest absolute Gasteiger partial charge is 0.262 e. The van der Waals surface area contributed by atoms with Gasteiger partial charge >= 0.3 is 0 Å². The number of rotatable bonds is 4. The molecule has 2 aromatic carbocycles. The van der Waals surface area contributed by atoms with Crippen molar-refractivity contribution in [3.63, 3.8) is 0 Å². The van der Waals surface area contributed by atoms with E-state index >= 15 is 0 Å². The monoisotopic (exact) mass is 312 g/mol. The molecule has 22 heavy (non-hydrogen) atoms. The third-order valence-electron chi connectivity index (χ3n) is 3.08. The predicted octanol–water partition coefficient (Wildman–Crippen LogP) is 3.91. The van der Waals surface area contributed by atoms with Gasteiger partial charge in [0.05, 0.1) is 0 Å². The number of aromatic nitrogens is 1. The Kier molecular flexibility index (Phi) is 4.21. The molecule has 3 aromatic rings. The maximum absolute atomic E-state index is 11.9. The highest BCUT2D eigenvalue weighted by atomic mass is 35.5. The van der Waals surface area contributed by atoms with E-state index < -0.39 is 0 Å². The summed E-state index contributed by atoms with van der Waals surface area (Å²) in [7, 11) is 0. The number of ether oxygens (including phenoxy) is 1. The van der Waals surface area contributed by atoms with Gasteiger partial charge in [0.1, 0.15) is 11.3 Å². The third-order valence-corrected chi connectivity index (χ3v) is 3.33. The van der Waals surface area contributed by atoms with E-state index in [-0.39, 0.29) is 12.5 Å². The van der Waals surface area contributed by atoms with Gasteiger partial charge in [-0.2, -0.15) is 0 Å². The van der Waals surface area contributed by atoms with Gasteiger partial charge in [-0.15, -0.1) is 0 Å². The van der Waals surface area contributed by atoms with Gasteiger partial charge in [0.25, 0.3) is 5.91 Å². The van der Waals surface area contributed by atoms with Gasteiger partial charge in [0.15, 0.2) is 6.61 Å². The predicted molar refractivity (Wildman–Crippen MR) is 87.3 cm³/mol. The molecule has 1 heterocycles. The molecule has 0 aliphatic rings. The zero-order valence-corrected chi connectivity index (χ0v) is 12.4. The van der Waals surface area contributed by atoms with E-state index in [0.29, 0.717) is 16.5 Å². The lowest BCUT2D eigenvalue weighted by Crippen LogP contribution is -2.20. The standard InChI is InChI=1S/C17H13ClN2O2/c18-13-6-8-14(9-7-13)20-16(21)11-22-15-5-1-3-12-4-2-10-19-17(12)15/h1-10H,11H2,(H,20,21). The first-order chi connectivity index (χ1) is 10.7. The van der Waals surface area contributed by atoms with Gasteiger partial charge in [0, 0.05) is 22.3 Å². The number of amides is 1. The van der Waals surface area contributed by atoms with Crippen LogP contribution >= 0.6 is 11.6 Å². The minimum atomic E-state index is -0.241. The Hall–Kier alpha value is -2.59. The molecule has 0 unspecified atom stereocenters. The summed E-state index contributed by atoms with van der Waals surface area (Å²) in [5, 5.41) is 4.34. The number of anilines is 1. The van der Waals surface area contributed by atoms with Crippen LogP contribution in [0, 0.1) is 0 Å². The number of benzene rings is 2. The molecule has 1 amide bonds. The van der Waals surface area contributed by atoms with E-state index in [0.717, 1.165) is 10.9 Å². The lowest BCUT2D eigenvalue weighted by molar-refractivity contribution is -0.118. The number of nitrogens with zero attached hydrogens (tertiary/aromatic N) is 1. The maximum atomic E-state index is 11.9. The Morgan fingerprint density at radius 2 is 1.86 bits per heavy atom. The van der Waals surface area contributed by atoms with Gasteiger partial charge in [-0.25, -0.2) is 0 Å². The molecule has 3 rings (SSSR count). The Balaban J connectivity index is 1.66. The summed E-state index contributed by atoms with van der Waals surface area (Å²) in [6.07, 6.45) is 1.70. The van der Waals surface area contributed by atoms with E-state index in [9.17, 15) is 4.79 Å². The number of carbonyl (C=O) groups is 1. The summed E-state index contributed by atoms with van der Waals surface area (Å²) < 4.78 is 5.58. The number of pyridine rings is 1. The molecule has 1 N–H and O–H groups in total. The summed E-state index contributed by atoms with van der Waals surface area (Å²) in [6.45, 7) is -0.0850. The first-order valence-electron chi connectivity index (χ1n) is 6.74. The number of carbonyl (C=O) groups excluding carboxylic acids is 1. The topological polar surface area (TPSA) is 51.2 Å². The highest BCUT2D eigenvalue weighted by Crippen LogP contribution is 2.22. The molecule has 4 nitrogen and oxygen atoms in total. The average Bonchev–Trinajstić information content (AvgIpc) is 2.55. The highest BCUT2D eigenvalue weighted by molar-refractivity contribution is 6.30. The number of hydrogen-bond acceptors (Lipinski definition) is 3. The van der Waals surface area contributed by atoms with Gasteiger partial charge in [-0.05, 0) is 36.4 Å². The zero-order valence-electron chi connectivity index (χ0n) is 11.6. The molecule has 0 saturated carbocycles. The fourth-order valence-corrected chi connectivity index (χ4v) is 2.19. The van der Waals surface area contributed by atoms with Crippen molar-refractivity contribution in [1.29, 1.82) is 0 Å². The third kappa shape index (κ3) is 3.35. The molecule has 110 valence electrons. The largest absolute Gasteiger partial charge is 0.481 e. The summed E-state index contributed by atoms with van der Waals surface area (Å²) >= 11 is 5.80. The number of nitrogens with one attached hydrogen (secondary N) is 1. The SMILES string of the molecule is O=C(COc1cccc2cccnc12)Nc1ccc(Cl)cc1. The lowest BCUT2D eigenvalue weighted by Gasteiger charge is -2.09. The van der Waals surface area contributed by atoms with E-state index in [1.807, 2.05) is 24.3 Å². The van der Waals surface area contributed by atoms with Gasteiger partial charge in [-0.3, -0.25) is 9.78 Å². The molecule has 0 bridgehead atoms. The van der Waals surface area contributed by atoms with Crippen LogP contribution < -0.4 is 10.1 Å². The highest BCUT2D eigenvalue weighted by Gasteiger charge is 2.07. The van der Waals surface area contributed by atoms with Crippen molar-refractivity contribution in [2.24, 2.45) is 0 Å². The van der Waals surface area contributed by atoms with Crippen LogP contribution in [0.3, 0.4) is 0 Å². The van der Waals surface area contributed by atoms with Crippen LogP contribution in [0.25, 0.3) is 10.9 Å². The van der Waals surface area contributed by atoms with Crippen LogP contribution in [0.5, 0.6) is 5.75 Å². The molecular formula is C17H13ClN2O2. The molecule has 1 aromatic heterocycles. The molecule has 0 aliphatic carbocycles. The Morgan fingerprint density at radius 1 is 1.09 bits per heavy atom. The minimum absolute atomic E-state index is 0.0850. The molecule has 0 saturated heterocycles. The molecule has 0 fully saturated rings. The second kappa shape index (κ2) is 6.45. The number of para-hydroxylation sites is 1. The molecule has 0 spiro atoms. The van der Waals surface area contributed by atoms with Crippen molar-refractivity contribution in [1.82, 2.24) is 4.98 Å². The zero-order chi connectivity index (χ0) is 15.4. The minimum Gasteiger partial charge on any atom is -0.481 e. The second-order valence-corrected chi connectivity index (χ2v) is 5.11. The molecular weight excluding hydrogens is 300 g/mol. The van der Waals surface area contributed by atoms with Gasteiger partial charge in [-0.1, -0.05) is 29.8 Å². The van der Waals surface area contributed by atoms with Gasteiger partial charge in [0.2, 0.25) is 0 Å². The molecule has 0 atom stereocenters. The van der Waals surface area contributed by atoms with Crippen LogP contribution in [-0.2, 0) is 4.79 Å². The van der Waals surface area contributed by atoms with Crippen molar-refractivity contribution in [2.45, 2.75) is 0 Å². The average molecular weight is 313 g/mol. The van der Waals surface area contributed by atoms with E-state index in [1.54, 1.807) is 36.5 Å². The quantitative estimate of drug-likeness (QED) is 0.794. The summed E-state index contributed by atoms with van der Waals surface area (Å²) in [6, 6.07) is 16.3. The molecule has 0 radical (unpaired) electrons. The van der Waals surface area contributed by atoms with Crippen molar-refractivity contribution in [3.05, 3.63) is 65.8 Å². The second-order valence-electron chi connectivity index (χ2n) is 4.68. The maximum Gasteiger partial charge on any atom is 0.262 e. The first-order valence-corrected chi connectivity index (χ1v) is 7.12. The fraction of sp³-hybridized carbons (Fsp3) is 0.0588. The first kappa shape index (κ1) is 14.4. The van der Waals surface area contributed by atoms with E-state index in [1.165, 1.54) is 0 Å². The number of fused-ring (bicyclic) bond motifs is 1. The lowest BCUT2D eigenvalue weighted by atomic mass is 10.2. The summed E-state index contributed by atoms with van der Waals surface area (Å²) in [5.74, 6) is 0.347. The van der Waals surface area contributed by atoms with Crippen LogP contribution in [0.15, 0.2) is 60.8 Å².